The first-order chi connectivity index (χ1) is 11.6. The molecule has 8 heteroatoms. The van der Waals surface area contributed by atoms with Crippen molar-refractivity contribution >= 4 is 9.84 Å². The lowest BCUT2D eigenvalue weighted by Gasteiger charge is -2.11. The number of fused-ring (bicyclic) bond motifs is 1. The first kappa shape index (κ1) is 15.1. The Kier molecular flexibility index (Phi) is 3.70. The average molecular weight is 345 g/mol. The maximum atomic E-state index is 12.8. The second-order valence-electron chi connectivity index (χ2n) is 5.51. The molecule has 1 aliphatic rings. The predicted octanol–water partition coefficient (Wildman–Crippen LogP) is 1.91. The second-order valence-corrected chi connectivity index (χ2v) is 7.39. The van der Waals surface area contributed by atoms with Crippen LogP contribution in [0.3, 0.4) is 0 Å². The summed E-state index contributed by atoms with van der Waals surface area (Å²) in [5.41, 5.74) is 1.87. The van der Waals surface area contributed by atoms with Crippen LogP contribution in [0.5, 0.6) is 0 Å². The van der Waals surface area contributed by atoms with Crippen molar-refractivity contribution in [2.75, 3.05) is 6.61 Å². The van der Waals surface area contributed by atoms with E-state index >= 15 is 0 Å². The molecule has 4 rings (SSSR count). The zero-order chi connectivity index (χ0) is 16.6. The van der Waals surface area contributed by atoms with Crippen LogP contribution < -0.4 is 0 Å². The lowest BCUT2D eigenvalue weighted by atomic mass is 10.1. The van der Waals surface area contributed by atoms with Crippen molar-refractivity contribution in [3.05, 3.63) is 59.7 Å². The Balaban J connectivity index is 1.70. The van der Waals surface area contributed by atoms with Gasteiger partial charge in [-0.05, 0) is 12.1 Å². The molecule has 0 fully saturated rings. The lowest BCUT2D eigenvalue weighted by Crippen LogP contribution is -2.14. The number of nitrogens with zero attached hydrogens (tertiary/aromatic N) is 3. The SMILES string of the molecule is O=S(=O)(Cc1noc2c1COCC2)c1nccn1-c1ccccc1. The van der Waals surface area contributed by atoms with Gasteiger partial charge >= 0.3 is 0 Å². The van der Waals surface area contributed by atoms with Crippen LogP contribution in [-0.4, -0.2) is 29.7 Å². The minimum Gasteiger partial charge on any atom is -0.376 e. The largest absolute Gasteiger partial charge is 0.376 e. The monoisotopic (exact) mass is 345 g/mol. The fourth-order valence-electron chi connectivity index (χ4n) is 2.74. The Bertz CT molecular complexity index is 960. The molecule has 0 saturated carbocycles. The summed E-state index contributed by atoms with van der Waals surface area (Å²) < 4.78 is 37.8. The molecule has 0 spiro atoms. The van der Waals surface area contributed by atoms with Crippen molar-refractivity contribution in [3.63, 3.8) is 0 Å². The Morgan fingerprint density at radius 2 is 2.04 bits per heavy atom. The molecule has 24 heavy (non-hydrogen) atoms. The molecule has 2 aromatic heterocycles. The Hall–Kier alpha value is -2.45. The van der Waals surface area contributed by atoms with Crippen LogP contribution in [0.15, 0.2) is 52.4 Å². The number of imidazole rings is 1. The normalized spacial score (nSPS) is 14.5. The van der Waals surface area contributed by atoms with Crippen LogP contribution in [-0.2, 0) is 33.4 Å². The molecule has 0 amide bonds. The van der Waals surface area contributed by atoms with Gasteiger partial charge in [-0.25, -0.2) is 13.4 Å². The highest BCUT2D eigenvalue weighted by molar-refractivity contribution is 7.90. The number of hydrogen-bond acceptors (Lipinski definition) is 6. The highest BCUT2D eigenvalue weighted by Crippen LogP contribution is 2.25. The quantitative estimate of drug-likeness (QED) is 0.718. The van der Waals surface area contributed by atoms with E-state index < -0.39 is 9.84 Å². The van der Waals surface area contributed by atoms with Crippen LogP contribution in [0.1, 0.15) is 17.0 Å². The minimum absolute atomic E-state index is 0.0119. The van der Waals surface area contributed by atoms with E-state index in [1.165, 1.54) is 6.20 Å². The van der Waals surface area contributed by atoms with Crippen molar-refractivity contribution in [2.45, 2.75) is 23.9 Å². The van der Waals surface area contributed by atoms with Gasteiger partial charge in [0.2, 0.25) is 15.0 Å². The highest BCUT2D eigenvalue weighted by Gasteiger charge is 2.28. The third-order valence-electron chi connectivity index (χ3n) is 3.92. The smallest absolute Gasteiger partial charge is 0.232 e. The van der Waals surface area contributed by atoms with E-state index in [1.54, 1.807) is 10.8 Å². The van der Waals surface area contributed by atoms with Crippen molar-refractivity contribution in [1.82, 2.24) is 14.7 Å². The van der Waals surface area contributed by atoms with Crippen molar-refractivity contribution < 1.29 is 17.7 Å². The third-order valence-corrected chi connectivity index (χ3v) is 5.43. The molecular weight excluding hydrogens is 330 g/mol. The Morgan fingerprint density at radius 1 is 1.21 bits per heavy atom. The summed E-state index contributed by atoms with van der Waals surface area (Å²) in [5.74, 6) is 0.442. The molecular formula is C16H15N3O4S. The molecule has 0 bridgehead atoms. The zero-order valence-corrected chi connectivity index (χ0v) is 13.6. The van der Waals surface area contributed by atoms with Crippen LogP contribution in [0.4, 0.5) is 0 Å². The van der Waals surface area contributed by atoms with Crippen LogP contribution in [0.25, 0.3) is 5.69 Å². The van der Waals surface area contributed by atoms with E-state index in [2.05, 4.69) is 10.1 Å². The van der Waals surface area contributed by atoms with Gasteiger partial charge in [-0.15, -0.1) is 0 Å². The van der Waals surface area contributed by atoms with Gasteiger partial charge in [0.1, 0.15) is 17.2 Å². The van der Waals surface area contributed by atoms with E-state index in [4.69, 9.17) is 9.26 Å². The zero-order valence-electron chi connectivity index (χ0n) is 12.8. The summed E-state index contributed by atoms with van der Waals surface area (Å²) in [6.45, 7) is 0.892. The number of rotatable bonds is 4. The summed E-state index contributed by atoms with van der Waals surface area (Å²) >= 11 is 0. The molecule has 1 aliphatic heterocycles. The molecule has 0 saturated heterocycles. The minimum atomic E-state index is -3.68. The molecule has 0 unspecified atom stereocenters. The summed E-state index contributed by atoms with van der Waals surface area (Å²) in [5, 5.41) is 3.91. The van der Waals surface area contributed by atoms with E-state index in [-0.39, 0.29) is 10.9 Å². The van der Waals surface area contributed by atoms with Gasteiger partial charge in [0.15, 0.2) is 0 Å². The number of para-hydroxylation sites is 1. The molecule has 0 radical (unpaired) electrons. The van der Waals surface area contributed by atoms with Gasteiger partial charge in [0.05, 0.1) is 13.2 Å². The van der Waals surface area contributed by atoms with Gasteiger partial charge in [0.25, 0.3) is 0 Å². The average Bonchev–Trinajstić information content (AvgIpc) is 3.24. The molecule has 3 heterocycles. The summed E-state index contributed by atoms with van der Waals surface area (Å²) in [7, 11) is -3.68. The topological polar surface area (TPSA) is 87.2 Å². The summed E-state index contributed by atoms with van der Waals surface area (Å²) in [6, 6.07) is 9.21. The maximum absolute atomic E-state index is 12.8. The Morgan fingerprint density at radius 3 is 2.88 bits per heavy atom. The third kappa shape index (κ3) is 2.63. The predicted molar refractivity (Wildman–Crippen MR) is 84.3 cm³/mol. The number of ether oxygens (including phenoxy) is 1. The molecule has 7 nitrogen and oxygen atoms in total. The van der Waals surface area contributed by atoms with Gasteiger partial charge in [-0.3, -0.25) is 4.57 Å². The van der Waals surface area contributed by atoms with E-state index in [0.717, 1.165) is 11.3 Å². The number of aromatic nitrogens is 3. The number of hydrogen-bond donors (Lipinski definition) is 0. The molecule has 124 valence electrons. The van der Waals surface area contributed by atoms with E-state index in [9.17, 15) is 8.42 Å². The van der Waals surface area contributed by atoms with Gasteiger partial charge in [-0.1, -0.05) is 23.4 Å². The molecule has 0 atom stereocenters. The standard InChI is InChI=1S/C16H15N3O4S/c20-24(21,11-14-13-10-22-9-6-15(13)23-18-14)16-17-7-8-19(16)12-4-2-1-3-5-12/h1-5,7-8H,6,9-11H2. The molecule has 0 N–H and O–H groups in total. The number of sulfone groups is 1. The first-order valence-electron chi connectivity index (χ1n) is 7.51. The molecule has 0 aliphatic carbocycles. The van der Waals surface area contributed by atoms with Gasteiger partial charge < -0.3 is 9.26 Å². The fraction of sp³-hybridized carbons (Fsp3) is 0.250. The summed E-state index contributed by atoms with van der Waals surface area (Å²) in [4.78, 5) is 4.04. The van der Waals surface area contributed by atoms with Crippen molar-refractivity contribution in [2.24, 2.45) is 0 Å². The van der Waals surface area contributed by atoms with Crippen LogP contribution in [0, 0.1) is 0 Å². The first-order valence-corrected chi connectivity index (χ1v) is 9.16. The van der Waals surface area contributed by atoms with E-state index in [0.29, 0.717) is 31.1 Å². The molecule has 1 aromatic carbocycles. The maximum Gasteiger partial charge on any atom is 0.232 e. The van der Waals surface area contributed by atoms with Crippen LogP contribution in [0.2, 0.25) is 0 Å². The lowest BCUT2D eigenvalue weighted by molar-refractivity contribution is 0.102. The van der Waals surface area contributed by atoms with Gasteiger partial charge in [-0.2, -0.15) is 0 Å². The van der Waals surface area contributed by atoms with E-state index in [1.807, 2.05) is 30.3 Å². The van der Waals surface area contributed by atoms with Gasteiger partial charge in [0, 0.05) is 30.1 Å². The summed E-state index contributed by atoms with van der Waals surface area (Å²) in [6.07, 6.45) is 3.71. The second kappa shape index (κ2) is 5.88. The van der Waals surface area contributed by atoms with Crippen molar-refractivity contribution in [1.29, 1.82) is 0 Å². The van der Waals surface area contributed by atoms with Crippen LogP contribution >= 0.6 is 0 Å². The number of benzene rings is 1. The highest BCUT2D eigenvalue weighted by atomic mass is 32.2. The molecule has 3 aromatic rings. The Labute approximate surface area is 138 Å². The fourth-order valence-corrected chi connectivity index (χ4v) is 4.15. The van der Waals surface area contributed by atoms with Crippen molar-refractivity contribution in [3.8, 4) is 5.69 Å².